The average molecular weight is 237 g/mol. The van der Waals surface area contributed by atoms with Gasteiger partial charge >= 0.3 is 0 Å². The lowest BCUT2D eigenvalue weighted by Gasteiger charge is -2.33. The number of aliphatic hydroxyl groups is 1. The van der Waals surface area contributed by atoms with Crippen LogP contribution in [0.3, 0.4) is 0 Å². The highest BCUT2D eigenvalue weighted by Gasteiger charge is 2.25. The third kappa shape index (κ3) is 3.09. The van der Waals surface area contributed by atoms with Gasteiger partial charge in [0.15, 0.2) is 0 Å². The second-order valence-electron chi connectivity index (χ2n) is 4.71. The van der Waals surface area contributed by atoms with Crippen molar-refractivity contribution < 1.29 is 14.3 Å². The molecule has 1 unspecified atom stereocenters. The van der Waals surface area contributed by atoms with Gasteiger partial charge in [-0.25, -0.2) is 0 Å². The molecular formula is C13H19NO3. The molecule has 1 aromatic heterocycles. The maximum Gasteiger partial charge on any atom is 0.230 e. The summed E-state index contributed by atoms with van der Waals surface area (Å²) >= 11 is 0. The number of hydrogen-bond acceptors (Lipinski definition) is 3. The third-order valence-electron chi connectivity index (χ3n) is 3.48. The van der Waals surface area contributed by atoms with Gasteiger partial charge in [-0.1, -0.05) is 0 Å². The number of carbonyl (C=O) groups is 1. The molecule has 0 bridgehead atoms. The van der Waals surface area contributed by atoms with Crippen LogP contribution >= 0.6 is 0 Å². The molecular weight excluding hydrogens is 218 g/mol. The summed E-state index contributed by atoms with van der Waals surface area (Å²) in [5, 5.41) is 9.49. The monoisotopic (exact) mass is 237 g/mol. The summed E-state index contributed by atoms with van der Waals surface area (Å²) in [6, 6.07) is 3.61. The molecule has 0 radical (unpaired) electrons. The van der Waals surface area contributed by atoms with E-state index in [1.54, 1.807) is 12.3 Å². The highest BCUT2D eigenvalue weighted by molar-refractivity contribution is 5.78. The normalized spacial score (nSPS) is 19.3. The highest BCUT2D eigenvalue weighted by Crippen LogP contribution is 2.21. The van der Waals surface area contributed by atoms with Gasteiger partial charge in [0.2, 0.25) is 5.91 Å². The molecule has 94 valence electrons. The summed E-state index contributed by atoms with van der Waals surface area (Å²) in [5.74, 6) is 1.17. The molecule has 2 heterocycles. The van der Waals surface area contributed by atoms with Crippen LogP contribution < -0.4 is 0 Å². The minimum Gasteiger partial charge on any atom is -0.469 e. The molecule has 4 nitrogen and oxygen atoms in total. The van der Waals surface area contributed by atoms with Crippen LogP contribution in [0.1, 0.15) is 25.5 Å². The Morgan fingerprint density at radius 3 is 2.82 bits per heavy atom. The molecule has 1 fully saturated rings. The van der Waals surface area contributed by atoms with Crippen molar-refractivity contribution in [2.24, 2.45) is 5.92 Å². The van der Waals surface area contributed by atoms with Crippen molar-refractivity contribution >= 4 is 5.91 Å². The van der Waals surface area contributed by atoms with Gasteiger partial charge in [-0.3, -0.25) is 4.79 Å². The maximum atomic E-state index is 11.9. The molecule has 1 N–H and O–H groups in total. The Balaban J connectivity index is 1.82. The van der Waals surface area contributed by atoms with Crippen molar-refractivity contribution in [2.75, 3.05) is 13.1 Å². The predicted molar refractivity (Wildman–Crippen MR) is 63.4 cm³/mol. The number of carbonyl (C=O) groups excluding carboxylic acids is 1. The molecule has 0 aliphatic carbocycles. The van der Waals surface area contributed by atoms with E-state index in [1.807, 2.05) is 17.9 Å². The van der Waals surface area contributed by atoms with E-state index in [1.165, 1.54) is 0 Å². The molecule has 1 aliphatic rings. The maximum absolute atomic E-state index is 11.9. The van der Waals surface area contributed by atoms with Gasteiger partial charge in [-0.15, -0.1) is 0 Å². The third-order valence-corrected chi connectivity index (χ3v) is 3.48. The summed E-state index contributed by atoms with van der Waals surface area (Å²) in [6.07, 6.45) is 3.44. The predicted octanol–water partition coefficient (Wildman–Crippen LogP) is 1.44. The zero-order valence-corrected chi connectivity index (χ0v) is 10.1. The first-order valence-corrected chi connectivity index (χ1v) is 6.15. The van der Waals surface area contributed by atoms with E-state index >= 15 is 0 Å². The average Bonchev–Trinajstić information content (AvgIpc) is 2.82. The van der Waals surface area contributed by atoms with E-state index in [4.69, 9.17) is 4.42 Å². The van der Waals surface area contributed by atoms with Gasteiger partial charge in [0.25, 0.3) is 0 Å². The first-order valence-electron chi connectivity index (χ1n) is 6.15. The number of rotatable bonds is 3. The summed E-state index contributed by atoms with van der Waals surface area (Å²) in [5.41, 5.74) is 0. The number of nitrogens with zero attached hydrogens (tertiary/aromatic N) is 1. The van der Waals surface area contributed by atoms with Gasteiger partial charge in [-0.2, -0.15) is 0 Å². The Bertz CT molecular complexity index is 351. The van der Waals surface area contributed by atoms with Crippen molar-refractivity contribution in [1.82, 2.24) is 4.90 Å². The fourth-order valence-electron chi connectivity index (χ4n) is 2.31. The number of amides is 1. The molecule has 2 rings (SSSR count). The largest absolute Gasteiger partial charge is 0.469 e. The molecule has 1 saturated heterocycles. The second-order valence-corrected chi connectivity index (χ2v) is 4.71. The lowest BCUT2D eigenvalue weighted by molar-refractivity contribution is -0.132. The topological polar surface area (TPSA) is 53.7 Å². The van der Waals surface area contributed by atoms with Crippen LogP contribution in [0.5, 0.6) is 0 Å². The van der Waals surface area contributed by atoms with Gasteiger partial charge < -0.3 is 14.4 Å². The molecule has 1 aliphatic heterocycles. The van der Waals surface area contributed by atoms with Crippen LogP contribution in [0.25, 0.3) is 0 Å². The van der Waals surface area contributed by atoms with E-state index < -0.39 is 0 Å². The zero-order valence-electron chi connectivity index (χ0n) is 10.1. The Labute approximate surface area is 101 Å². The molecule has 0 saturated carbocycles. The summed E-state index contributed by atoms with van der Waals surface area (Å²) in [7, 11) is 0. The van der Waals surface area contributed by atoms with Gasteiger partial charge in [0.05, 0.1) is 18.8 Å². The minimum atomic E-state index is -0.266. The van der Waals surface area contributed by atoms with Gasteiger partial charge in [-0.05, 0) is 37.8 Å². The van der Waals surface area contributed by atoms with Crippen LogP contribution in [-0.4, -0.2) is 35.1 Å². The molecule has 1 aromatic rings. The molecule has 1 amide bonds. The van der Waals surface area contributed by atoms with Crippen LogP contribution in [-0.2, 0) is 11.2 Å². The van der Waals surface area contributed by atoms with Crippen molar-refractivity contribution in [1.29, 1.82) is 0 Å². The molecule has 0 aromatic carbocycles. The summed E-state index contributed by atoms with van der Waals surface area (Å²) in [4.78, 5) is 13.8. The van der Waals surface area contributed by atoms with E-state index in [0.29, 0.717) is 18.1 Å². The second kappa shape index (κ2) is 5.36. The number of hydrogen-bond donors (Lipinski definition) is 1. The molecule has 1 atom stereocenters. The Hall–Kier alpha value is -1.29. The van der Waals surface area contributed by atoms with Gasteiger partial charge in [0, 0.05) is 13.1 Å². The highest BCUT2D eigenvalue weighted by atomic mass is 16.3. The fourth-order valence-corrected chi connectivity index (χ4v) is 2.31. The van der Waals surface area contributed by atoms with Crippen LogP contribution in [0.2, 0.25) is 0 Å². The summed E-state index contributed by atoms with van der Waals surface area (Å²) < 4.78 is 5.17. The molecule has 4 heteroatoms. The van der Waals surface area contributed by atoms with Gasteiger partial charge in [0.1, 0.15) is 5.76 Å². The van der Waals surface area contributed by atoms with Crippen LogP contribution in [0.15, 0.2) is 22.8 Å². The quantitative estimate of drug-likeness (QED) is 0.865. The molecule has 0 spiro atoms. The minimum absolute atomic E-state index is 0.115. The molecule has 17 heavy (non-hydrogen) atoms. The van der Waals surface area contributed by atoms with Crippen molar-refractivity contribution in [3.05, 3.63) is 24.2 Å². The number of piperidine rings is 1. The summed E-state index contributed by atoms with van der Waals surface area (Å²) in [6.45, 7) is 3.31. The lowest BCUT2D eigenvalue weighted by Crippen LogP contribution is -2.41. The number of furan rings is 1. The van der Waals surface area contributed by atoms with E-state index in [2.05, 4.69) is 0 Å². The SMILES string of the molecule is CC(O)C1CCN(C(=O)Cc2ccco2)CC1. The van der Waals surface area contributed by atoms with E-state index in [9.17, 15) is 9.90 Å². The van der Waals surface area contributed by atoms with E-state index in [-0.39, 0.29) is 12.0 Å². The number of likely N-dealkylation sites (tertiary alicyclic amines) is 1. The van der Waals surface area contributed by atoms with Crippen LogP contribution in [0.4, 0.5) is 0 Å². The van der Waals surface area contributed by atoms with Crippen LogP contribution in [0, 0.1) is 5.92 Å². The number of aliphatic hydroxyl groups excluding tert-OH is 1. The first kappa shape index (κ1) is 12.2. The standard InChI is InChI=1S/C13H19NO3/c1-10(15)11-4-6-14(7-5-11)13(16)9-12-3-2-8-17-12/h2-3,8,10-11,15H,4-7,9H2,1H3. The Morgan fingerprint density at radius 2 is 2.29 bits per heavy atom. The van der Waals surface area contributed by atoms with E-state index in [0.717, 1.165) is 25.9 Å². The van der Waals surface area contributed by atoms with Crippen molar-refractivity contribution in [3.63, 3.8) is 0 Å². The smallest absolute Gasteiger partial charge is 0.230 e. The Morgan fingerprint density at radius 1 is 1.59 bits per heavy atom. The van der Waals surface area contributed by atoms with Crippen molar-refractivity contribution in [3.8, 4) is 0 Å². The fraction of sp³-hybridized carbons (Fsp3) is 0.615. The first-order chi connectivity index (χ1) is 8.16. The Kier molecular flexibility index (Phi) is 3.84. The zero-order chi connectivity index (χ0) is 12.3. The van der Waals surface area contributed by atoms with Crippen molar-refractivity contribution in [2.45, 2.75) is 32.3 Å². The lowest BCUT2D eigenvalue weighted by atomic mass is 9.92.